The van der Waals surface area contributed by atoms with Gasteiger partial charge < -0.3 is 15.4 Å². The molecule has 0 radical (unpaired) electrons. The molecule has 3 aromatic rings. The molecule has 6 heteroatoms. The zero-order valence-electron chi connectivity index (χ0n) is 10.2. The lowest BCUT2D eigenvalue weighted by Gasteiger charge is -1.98. The summed E-state index contributed by atoms with van der Waals surface area (Å²) in [6.07, 6.45) is 0. The number of aromatic hydroxyl groups is 1. The number of hydrogen-bond donors (Lipinski definition) is 2. The lowest BCUT2D eigenvalue weighted by molar-refractivity contribution is 0.429. The Kier molecular flexibility index (Phi) is 2.83. The van der Waals surface area contributed by atoms with E-state index in [1.807, 2.05) is 0 Å². The van der Waals surface area contributed by atoms with Gasteiger partial charge in [-0.15, -0.1) is 0 Å². The van der Waals surface area contributed by atoms with E-state index in [0.717, 1.165) is 0 Å². The molecule has 20 heavy (non-hydrogen) atoms. The topological polar surface area (TPSA) is 85.2 Å². The van der Waals surface area contributed by atoms with Crippen LogP contribution in [0.4, 0.5) is 10.1 Å². The molecule has 1 heterocycles. The third-order valence-corrected chi connectivity index (χ3v) is 2.75. The average Bonchev–Trinajstić information content (AvgIpc) is 2.91. The Morgan fingerprint density at radius 3 is 2.80 bits per heavy atom. The number of rotatable bonds is 2. The Balaban J connectivity index is 2.04. The highest BCUT2D eigenvalue weighted by molar-refractivity contribution is 5.64. The van der Waals surface area contributed by atoms with Crippen LogP contribution in [-0.2, 0) is 0 Å². The van der Waals surface area contributed by atoms with Gasteiger partial charge in [-0.05, 0) is 30.3 Å². The maximum atomic E-state index is 13.7. The molecule has 0 aliphatic carbocycles. The largest absolute Gasteiger partial charge is 0.508 e. The highest BCUT2D eigenvalue weighted by Gasteiger charge is 2.14. The van der Waals surface area contributed by atoms with E-state index in [-0.39, 0.29) is 23.0 Å². The molecule has 0 fully saturated rings. The molecule has 3 N–H and O–H groups in total. The molecule has 0 bridgehead atoms. The first kappa shape index (κ1) is 12.2. The number of anilines is 1. The zero-order valence-corrected chi connectivity index (χ0v) is 10.2. The van der Waals surface area contributed by atoms with E-state index in [1.54, 1.807) is 12.1 Å². The quantitative estimate of drug-likeness (QED) is 0.700. The van der Waals surface area contributed by atoms with Gasteiger partial charge >= 0.3 is 0 Å². The summed E-state index contributed by atoms with van der Waals surface area (Å²) in [6.45, 7) is 0. The first-order valence-electron chi connectivity index (χ1n) is 5.82. The molecule has 0 saturated heterocycles. The summed E-state index contributed by atoms with van der Waals surface area (Å²) in [4.78, 5) is 4.11. The van der Waals surface area contributed by atoms with Crippen molar-refractivity contribution in [2.24, 2.45) is 0 Å². The second-order valence-corrected chi connectivity index (χ2v) is 4.21. The Morgan fingerprint density at radius 2 is 2.00 bits per heavy atom. The van der Waals surface area contributed by atoms with Crippen LogP contribution in [-0.4, -0.2) is 15.2 Å². The van der Waals surface area contributed by atoms with Crippen molar-refractivity contribution < 1.29 is 14.0 Å². The molecule has 3 rings (SSSR count). The van der Waals surface area contributed by atoms with Crippen molar-refractivity contribution in [1.29, 1.82) is 0 Å². The van der Waals surface area contributed by atoms with Crippen molar-refractivity contribution in [2.75, 3.05) is 5.73 Å². The number of nitrogens with zero attached hydrogens (tertiary/aromatic N) is 2. The predicted octanol–water partition coefficient (Wildman–Crippen LogP) is 2.83. The first-order chi connectivity index (χ1) is 9.63. The maximum Gasteiger partial charge on any atom is 0.261 e. The molecule has 0 unspecified atom stereocenters. The van der Waals surface area contributed by atoms with Gasteiger partial charge in [0.05, 0.1) is 5.56 Å². The molecule has 0 amide bonds. The summed E-state index contributed by atoms with van der Waals surface area (Å²) < 4.78 is 18.8. The second kappa shape index (κ2) is 4.65. The standard InChI is InChI=1S/C14H10FN3O2/c15-12-5-4-9(16)7-11(12)14-17-13(18-20-14)8-2-1-3-10(19)6-8/h1-7,19H,16H2. The van der Waals surface area contributed by atoms with Gasteiger partial charge in [0, 0.05) is 11.3 Å². The minimum absolute atomic E-state index is 0.0353. The summed E-state index contributed by atoms with van der Waals surface area (Å²) in [5.41, 5.74) is 6.73. The summed E-state index contributed by atoms with van der Waals surface area (Å²) in [5.74, 6) is -0.111. The number of benzene rings is 2. The monoisotopic (exact) mass is 271 g/mol. The van der Waals surface area contributed by atoms with Crippen LogP contribution in [0.25, 0.3) is 22.8 Å². The minimum atomic E-state index is -0.495. The van der Waals surface area contributed by atoms with Gasteiger partial charge in [-0.2, -0.15) is 4.98 Å². The Morgan fingerprint density at radius 1 is 1.15 bits per heavy atom. The van der Waals surface area contributed by atoms with Gasteiger partial charge in [-0.25, -0.2) is 4.39 Å². The van der Waals surface area contributed by atoms with Crippen molar-refractivity contribution in [3.8, 4) is 28.6 Å². The van der Waals surface area contributed by atoms with Crippen LogP contribution in [0.1, 0.15) is 0 Å². The van der Waals surface area contributed by atoms with Crippen LogP contribution >= 0.6 is 0 Å². The van der Waals surface area contributed by atoms with Crippen LogP contribution in [0.2, 0.25) is 0 Å². The van der Waals surface area contributed by atoms with Gasteiger partial charge in [0.1, 0.15) is 11.6 Å². The average molecular weight is 271 g/mol. The first-order valence-corrected chi connectivity index (χ1v) is 5.82. The molecule has 2 aromatic carbocycles. The fourth-order valence-corrected chi connectivity index (χ4v) is 1.80. The fourth-order valence-electron chi connectivity index (χ4n) is 1.80. The van der Waals surface area contributed by atoms with Gasteiger partial charge in [0.2, 0.25) is 5.82 Å². The number of nitrogens with two attached hydrogens (primary N) is 1. The summed E-state index contributed by atoms with van der Waals surface area (Å²) in [7, 11) is 0. The highest BCUT2D eigenvalue weighted by Crippen LogP contribution is 2.27. The molecule has 0 atom stereocenters. The van der Waals surface area contributed by atoms with Crippen LogP contribution < -0.4 is 5.73 Å². The lowest BCUT2D eigenvalue weighted by Crippen LogP contribution is -1.89. The Bertz CT molecular complexity index is 771. The van der Waals surface area contributed by atoms with E-state index in [9.17, 15) is 9.50 Å². The van der Waals surface area contributed by atoms with Crippen molar-refractivity contribution in [3.63, 3.8) is 0 Å². The van der Waals surface area contributed by atoms with Crippen molar-refractivity contribution in [2.45, 2.75) is 0 Å². The van der Waals surface area contributed by atoms with Crippen molar-refractivity contribution in [1.82, 2.24) is 10.1 Å². The number of halogens is 1. The highest BCUT2D eigenvalue weighted by atomic mass is 19.1. The van der Waals surface area contributed by atoms with E-state index < -0.39 is 5.82 Å². The van der Waals surface area contributed by atoms with E-state index >= 15 is 0 Å². The van der Waals surface area contributed by atoms with Crippen molar-refractivity contribution >= 4 is 5.69 Å². The van der Waals surface area contributed by atoms with E-state index in [0.29, 0.717) is 11.3 Å². The molecule has 100 valence electrons. The smallest absolute Gasteiger partial charge is 0.261 e. The Hall–Kier alpha value is -2.89. The van der Waals surface area contributed by atoms with Gasteiger partial charge in [-0.3, -0.25) is 0 Å². The number of hydrogen-bond acceptors (Lipinski definition) is 5. The molecular formula is C14H10FN3O2. The zero-order chi connectivity index (χ0) is 14.1. The third kappa shape index (κ3) is 2.18. The second-order valence-electron chi connectivity index (χ2n) is 4.21. The van der Waals surface area contributed by atoms with E-state index in [4.69, 9.17) is 10.3 Å². The number of aromatic nitrogens is 2. The fraction of sp³-hybridized carbons (Fsp3) is 0. The normalized spacial score (nSPS) is 10.7. The van der Waals surface area contributed by atoms with E-state index in [2.05, 4.69) is 10.1 Å². The number of nitrogen functional groups attached to an aromatic ring is 1. The van der Waals surface area contributed by atoms with Gasteiger partial charge in [-0.1, -0.05) is 17.3 Å². The summed E-state index contributed by atoms with van der Waals surface area (Å²) >= 11 is 0. The number of phenolic OH excluding ortho intramolecular Hbond substituents is 1. The van der Waals surface area contributed by atoms with Crippen molar-refractivity contribution in [3.05, 3.63) is 48.3 Å². The molecule has 0 saturated carbocycles. The van der Waals surface area contributed by atoms with Crippen LogP contribution in [0.15, 0.2) is 47.0 Å². The third-order valence-electron chi connectivity index (χ3n) is 2.75. The van der Waals surface area contributed by atoms with Gasteiger partial charge in [0.15, 0.2) is 0 Å². The molecule has 0 aliphatic heterocycles. The van der Waals surface area contributed by atoms with Crippen LogP contribution in [0, 0.1) is 5.82 Å². The maximum absolute atomic E-state index is 13.7. The molecule has 5 nitrogen and oxygen atoms in total. The summed E-state index contributed by atoms with van der Waals surface area (Å²) in [6, 6.07) is 10.5. The van der Waals surface area contributed by atoms with E-state index in [1.165, 1.54) is 30.3 Å². The van der Waals surface area contributed by atoms with Gasteiger partial charge in [0.25, 0.3) is 5.89 Å². The molecule has 0 aliphatic rings. The SMILES string of the molecule is Nc1ccc(F)c(-c2nc(-c3cccc(O)c3)no2)c1. The van der Waals surface area contributed by atoms with Crippen LogP contribution in [0.3, 0.4) is 0 Å². The molecular weight excluding hydrogens is 261 g/mol. The predicted molar refractivity (Wildman–Crippen MR) is 71.2 cm³/mol. The minimum Gasteiger partial charge on any atom is -0.508 e. The molecule has 0 spiro atoms. The Labute approximate surface area is 113 Å². The molecule has 1 aromatic heterocycles. The summed E-state index contributed by atoms with van der Waals surface area (Å²) in [5, 5.41) is 13.2. The van der Waals surface area contributed by atoms with Crippen LogP contribution in [0.5, 0.6) is 5.75 Å². The number of phenols is 1. The lowest BCUT2D eigenvalue weighted by atomic mass is 10.2.